The topological polar surface area (TPSA) is 73.9 Å². The fraction of sp³-hybridized carbons (Fsp3) is 0.250. The van der Waals surface area contributed by atoms with Gasteiger partial charge in [0.2, 0.25) is 0 Å². The van der Waals surface area contributed by atoms with Crippen LogP contribution in [0.2, 0.25) is 0 Å². The highest BCUT2D eigenvalue weighted by molar-refractivity contribution is 9.10. The van der Waals surface area contributed by atoms with E-state index in [4.69, 9.17) is 17.0 Å². The van der Waals surface area contributed by atoms with E-state index in [0.29, 0.717) is 24.4 Å². The summed E-state index contributed by atoms with van der Waals surface area (Å²) in [7, 11) is 1.53. The van der Waals surface area contributed by atoms with Gasteiger partial charge in [0, 0.05) is 47.6 Å². The van der Waals surface area contributed by atoms with E-state index >= 15 is 0 Å². The number of rotatable bonds is 5. The van der Waals surface area contributed by atoms with Crippen LogP contribution in [0, 0.1) is 13.8 Å². The summed E-state index contributed by atoms with van der Waals surface area (Å²) in [5, 5.41) is 5.97. The number of hydrogen-bond acceptors (Lipinski definition) is 5. The highest BCUT2D eigenvalue weighted by atomic mass is 79.9. The number of hydrogen-bond donors (Lipinski definition) is 2. The van der Waals surface area contributed by atoms with Crippen molar-refractivity contribution in [1.82, 2.24) is 10.2 Å². The molecule has 0 atom stereocenters. The zero-order chi connectivity index (χ0) is 26.5. The first-order valence-electron chi connectivity index (χ1n) is 11.9. The fourth-order valence-corrected chi connectivity index (χ4v) is 5.09. The number of benzene rings is 3. The van der Waals surface area contributed by atoms with Crippen molar-refractivity contribution in [2.75, 3.05) is 43.5 Å². The Labute approximate surface area is 230 Å². The second-order valence-corrected chi connectivity index (χ2v) is 10.2. The first-order valence-corrected chi connectivity index (χ1v) is 13.1. The number of thiocarbonyl (C=S) groups is 1. The van der Waals surface area contributed by atoms with Crippen LogP contribution in [0.15, 0.2) is 65.1 Å². The Morgan fingerprint density at radius 2 is 1.59 bits per heavy atom. The highest BCUT2D eigenvalue weighted by Crippen LogP contribution is 2.28. The number of ether oxygens (including phenoxy) is 1. The third-order valence-electron chi connectivity index (χ3n) is 6.27. The molecule has 0 aliphatic carbocycles. The van der Waals surface area contributed by atoms with Crippen molar-refractivity contribution in [3.8, 4) is 5.75 Å². The minimum atomic E-state index is -0.353. The number of nitrogens with one attached hydrogen (secondary N) is 2. The van der Waals surface area contributed by atoms with Gasteiger partial charge in [-0.3, -0.25) is 14.9 Å². The standard InChI is InChI=1S/C28H29BrN4O3S/c1-18-4-6-20(7-5-18)27(35)33-14-12-32(13-15-33)23-10-8-22(9-11-23)30-28(37)31-26(34)24-17-21(29)16-19(2)25(24)36-3/h4-11,16-17H,12-15H2,1-3H3,(H2,30,31,34,37). The van der Waals surface area contributed by atoms with Gasteiger partial charge in [0.15, 0.2) is 5.11 Å². The Balaban J connectivity index is 1.31. The lowest BCUT2D eigenvalue weighted by Gasteiger charge is -2.36. The maximum atomic E-state index is 12.8. The summed E-state index contributed by atoms with van der Waals surface area (Å²) in [5.74, 6) is 0.229. The minimum absolute atomic E-state index is 0.0744. The summed E-state index contributed by atoms with van der Waals surface area (Å²) in [4.78, 5) is 29.7. The summed E-state index contributed by atoms with van der Waals surface area (Å²) >= 11 is 8.78. The van der Waals surface area contributed by atoms with Crippen molar-refractivity contribution in [2.24, 2.45) is 0 Å². The molecular weight excluding hydrogens is 552 g/mol. The third kappa shape index (κ3) is 6.47. The van der Waals surface area contributed by atoms with Crippen LogP contribution in [0.25, 0.3) is 0 Å². The molecule has 3 aromatic carbocycles. The van der Waals surface area contributed by atoms with Crippen LogP contribution in [-0.2, 0) is 0 Å². The van der Waals surface area contributed by atoms with E-state index in [1.807, 2.05) is 73.3 Å². The molecule has 7 nitrogen and oxygen atoms in total. The molecule has 2 N–H and O–H groups in total. The summed E-state index contributed by atoms with van der Waals surface area (Å²) < 4.78 is 6.18. The quantitative estimate of drug-likeness (QED) is 0.406. The maximum Gasteiger partial charge on any atom is 0.261 e. The summed E-state index contributed by atoms with van der Waals surface area (Å²) in [5.41, 5.74) is 4.94. The molecule has 1 fully saturated rings. The monoisotopic (exact) mass is 580 g/mol. The van der Waals surface area contributed by atoms with Crippen LogP contribution < -0.4 is 20.3 Å². The van der Waals surface area contributed by atoms with Crippen molar-refractivity contribution in [3.05, 3.63) is 87.4 Å². The lowest BCUT2D eigenvalue weighted by molar-refractivity contribution is 0.0746. The maximum absolute atomic E-state index is 12.8. The number of methoxy groups -OCH3 is 1. The molecule has 1 aliphatic rings. The first-order chi connectivity index (χ1) is 17.7. The number of carbonyl (C=O) groups is 2. The normalized spacial score (nSPS) is 13.2. The van der Waals surface area contributed by atoms with Gasteiger partial charge in [-0.25, -0.2) is 0 Å². The molecule has 3 aromatic rings. The Morgan fingerprint density at radius 3 is 2.22 bits per heavy atom. The van der Waals surface area contributed by atoms with E-state index in [1.54, 1.807) is 6.07 Å². The molecule has 0 bridgehead atoms. The number of carbonyl (C=O) groups excluding carboxylic acids is 2. The van der Waals surface area contributed by atoms with E-state index in [1.165, 1.54) is 7.11 Å². The zero-order valence-electron chi connectivity index (χ0n) is 21.0. The van der Waals surface area contributed by atoms with Crippen molar-refractivity contribution in [1.29, 1.82) is 0 Å². The number of anilines is 2. The molecule has 1 saturated heterocycles. The van der Waals surface area contributed by atoms with Gasteiger partial charge in [-0.05, 0) is 80.2 Å². The Hall–Kier alpha value is -3.43. The van der Waals surface area contributed by atoms with E-state index in [-0.39, 0.29) is 16.9 Å². The van der Waals surface area contributed by atoms with Gasteiger partial charge in [-0.15, -0.1) is 0 Å². The molecule has 192 valence electrons. The van der Waals surface area contributed by atoms with Gasteiger partial charge >= 0.3 is 0 Å². The van der Waals surface area contributed by atoms with Crippen LogP contribution >= 0.6 is 28.1 Å². The second-order valence-electron chi connectivity index (χ2n) is 8.90. The van der Waals surface area contributed by atoms with Gasteiger partial charge in [0.05, 0.1) is 12.7 Å². The van der Waals surface area contributed by atoms with Gasteiger partial charge in [0.1, 0.15) is 5.75 Å². The Kier molecular flexibility index (Phi) is 8.45. The first kappa shape index (κ1) is 26.6. The Bertz CT molecular complexity index is 1300. The third-order valence-corrected chi connectivity index (χ3v) is 6.93. The highest BCUT2D eigenvalue weighted by Gasteiger charge is 2.22. The molecule has 0 spiro atoms. The van der Waals surface area contributed by atoms with Crippen LogP contribution in [-0.4, -0.2) is 55.1 Å². The van der Waals surface area contributed by atoms with Crippen molar-refractivity contribution >= 4 is 56.4 Å². The molecule has 0 radical (unpaired) electrons. The van der Waals surface area contributed by atoms with Crippen LogP contribution in [0.1, 0.15) is 31.8 Å². The lowest BCUT2D eigenvalue weighted by Crippen LogP contribution is -2.48. The molecule has 2 amide bonds. The zero-order valence-corrected chi connectivity index (χ0v) is 23.4. The molecule has 0 saturated carbocycles. The van der Waals surface area contributed by atoms with Crippen molar-refractivity contribution in [3.63, 3.8) is 0 Å². The summed E-state index contributed by atoms with van der Waals surface area (Å²) in [6.45, 7) is 6.74. The molecule has 1 heterocycles. The molecule has 37 heavy (non-hydrogen) atoms. The predicted molar refractivity (Wildman–Crippen MR) is 155 cm³/mol. The predicted octanol–water partition coefficient (Wildman–Crippen LogP) is 5.16. The molecular formula is C28H29BrN4O3S. The summed E-state index contributed by atoms with van der Waals surface area (Å²) in [6, 6.07) is 19.1. The molecule has 0 unspecified atom stereocenters. The number of halogens is 1. The molecule has 4 rings (SSSR count). The lowest BCUT2D eigenvalue weighted by atomic mass is 10.1. The van der Waals surface area contributed by atoms with Gasteiger partial charge < -0.3 is 19.9 Å². The van der Waals surface area contributed by atoms with Gasteiger partial charge in [-0.1, -0.05) is 33.6 Å². The van der Waals surface area contributed by atoms with E-state index in [0.717, 1.165) is 45.6 Å². The molecule has 9 heteroatoms. The van der Waals surface area contributed by atoms with Gasteiger partial charge in [-0.2, -0.15) is 0 Å². The second kappa shape index (κ2) is 11.7. The average molecular weight is 582 g/mol. The number of nitrogens with zero attached hydrogens (tertiary/aromatic N) is 2. The largest absolute Gasteiger partial charge is 0.496 e. The van der Waals surface area contributed by atoms with Crippen LogP contribution in [0.4, 0.5) is 11.4 Å². The number of amides is 2. The van der Waals surface area contributed by atoms with Gasteiger partial charge in [0.25, 0.3) is 11.8 Å². The van der Waals surface area contributed by atoms with E-state index in [2.05, 4.69) is 31.5 Å². The smallest absolute Gasteiger partial charge is 0.261 e. The van der Waals surface area contributed by atoms with E-state index in [9.17, 15) is 9.59 Å². The fourth-order valence-electron chi connectivity index (χ4n) is 4.30. The summed E-state index contributed by atoms with van der Waals surface area (Å²) in [6.07, 6.45) is 0. The average Bonchev–Trinajstić information content (AvgIpc) is 2.89. The van der Waals surface area contributed by atoms with Crippen molar-refractivity contribution in [2.45, 2.75) is 13.8 Å². The van der Waals surface area contributed by atoms with Crippen LogP contribution in [0.3, 0.4) is 0 Å². The van der Waals surface area contributed by atoms with Crippen LogP contribution in [0.5, 0.6) is 5.75 Å². The molecule has 1 aliphatic heterocycles. The number of piperazine rings is 1. The van der Waals surface area contributed by atoms with E-state index < -0.39 is 0 Å². The SMILES string of the molecule is COc1c(C)cc(Br)cc1C(=O)NC(=S)Nc1ccc(N2CCN(C(=O)c3ccc(C)cc3)CC2)cc1. The molecule has 0 aromatic heterocycles. The van der Waals surface area contributed by atoms with Crippen molar-refractivity contribution < 1.29 is 14.3 Å². The number of aryl methyl sites for hydroxylation is 2. The Morgan fingerprint density at radius 1 is 0.946 bits per heavy atom. The minimum Gasteiger partial charge on any atom is -0.496 e.